The van der Waals surface area contributed by atoms with Gasteiger partial charge in [-0.1, -0.05) is 29.8 Å². The Bertz CT molecular complexity index is 846. The summed E-state index contributed by atoms with van der Waals surface area (Å²) >= 11 is 2.69. The number of aromatic nitrogens is 2. The number of thiazole rings is 2. The molecule has 0 saturated carbocycles. The van der Waals surface area contributed by atoms with Gasteiger partial charge < -0.3 is 10.6 Å². The summed E-state index contributed by atoms with van der Waals surface area (Å²) in [6.45, 7) is 2.01. The van der Waals surface area contributed by atoms with Gasteiger partial charge in [-0.3, -0.25) is 9.59 Å². The molecule has 2 amide bonds. The van der Waals surface area contributed by atoms with Gasteiger partial charge in [0, 0.05) is 29.6 Å². The minimum absolute atomic E-state index is 0.0741. The Labute approximate surface area is 159 Å². The summed E-state index contributed by atoms with van der Waals surface area (Å²) in [7, 11) is 0. The summed E-state index contributed by atoms with van der Waals surface area (Å²) in [5, 5.41) is 10.2. The second kappa shape index (κ2) is 8.68. The van der Waals surface area contributed by atoms with Gasteiger partial charge in [0.05, 0.1) is 5.92 Å². The smallest absolute Gasteiger partial charge is 0.230 e. The Morgan fingerprint density at radius 3 is 2.19 bits per heavy atom. The van der Waals surface area contributed by atoms with E-state index in [1.807, 2.05) is 31.2 Å². The Morgan fingerprint density at radius 1 is 1.00 bits per heavy atom. The van der Waals surface area contributed by atoms with E-state index >= 15 is 0 Å². The van der Waals surface area contributed by atoms with Crippen LogP contribution in [0.4, 0.5) is 10.3 Å². The van der Waals surface area contributed by atoms with E-state index < -0.39 is 5.92 Å². The number of nitrogens with one attached hydrogen (secondary N) is 2. The number of aryl methyl sites for hydroxylation is 1. The molecule has 1 aromatic carbocycles. The summed E-state index contributed by atoms with van der Waals surface area (Å²) in [5.41, 5.74) is 2.16. The zero-order valence-electron chi connectivity index (χ0n) is 14.1. The molecule has 0 aliphatic carbocycles. The first-order chi connectivity index (χ1) is 12.6. The number of hydrogen-bond acceptors (Lipinski definition) is 6. The van der Waals surface area contributed by atoms with Crippen molar-refractivity contribution >= 4 is 44.8 Å². The van der Waals surface area contributed by atoms with Crippen LogP contribution in [-0.2, 0) is 16.0 Å². The fourth-order valence-electron chi connectivity index (χ4n) is 2.44. The number of carbonyl (C=O) groups is 2. The van der Waals surface area contributed by atoms with Crippen LogP contribution >= 0.6 is 22.7 Å². The SMILES string of the molecule is Cc1ccc(C[C@@H](CC(=O)Nc2nccs2)C(=O)Nc2nccs2)cc1. The number of hydrogen-bond donors (Lipinski definition) is 2. The molecule has 3 rings (SSSR count). The van der Waals surface area contributed by atoms with Crippen LogP contribution in [0, 0.1) is 12.8 Å². The van der Waals surface area contributed by atoms with Gasteiger partial charge in [-0.15, -0.1) is 22.7 Å². The average Bonchev–Trinajstić information content (AvgIpc) is 3.30. The molecule has 1 atom stereocenters. The van der Waals surface area contributed by atoms with Crippen LogP contribution < -0.4 is 10.6 Å². The zero-order valence-corrected chi connectivity index (χ0v) is 15.8. The molecule has 0 radical (unpaired) electrons. The van der Waals surface area contributed by atoms with Gasteiger partial charge in [-0.2, -0.15) is 0 Å². The summed E-state index contributed by atoms with van der Waals surface area (Å²) in [4.78, 5) is 33.1. The molecular formula is C18H18N4O2S2. The topological polar surface area (TPSA) is 84.0 Å². The monoisotopic (exact) mass is 386 g/mol. The summed E-state index contributed by atoms with van der Waals surface area (Å²) in [6.07, 6.45) is 3.80. The number of amides is 2. The third-order valence-electron chi connectivity index (χ3n) is 3.75. The fourth-order valence-corrected chi connectivity index (χ4v) is 3.52. The first kappa shape index (κ1) is 18.2. The Kier molecular flexibility index (Phi) is 6.08. The van der Waals surface area contributed by atoms with Crippen molar-refractivity contribution in [3.8, 4) is 0 Å². The van der Waals surface area contributed by atoms with Crippen molar-refractivity contribution in [2.45, 2.75) is 19.8 Å². The van der Waals surface area contributed by atoms with Gasteiger partial charge in [0.25, 0.3) is 0 Å². The molecule has 0 bridgehead atoms. The van der Waals surface area contributed by atoms with E-state index in [2.05, 4.69) is 20.6 Å². The molecular weight excluding hydrogens is 368 g/mol. The van der Waals surface area contributed by atoms with Gasteiger partial charge in [0.2, 0.25) is 11.8 Å². The van der Waals surface area contributed by atoms with Gasteiger partial charge >= 0.3 is 0 Å². The van der Waals surface area contributed by atoms with Crippen LogP contribution in [0.5, 0.6) is 0 Å². The van der Waals surface area contributed by atoms with Crippen molar-refractivity contribution in [3.63, 3.8) is 0 Å². The number of carbonyl (C=O) groups excluding carboxylic acids is 2. The molecule has 0 saturated heterocycles. The minimum Gasteiger partial charge on any atom is -0.302 e. The van der Waals surface area contributed by atoms with Crippen LogP contribution in [0.3, 0.4) is 0 Å². The number of rotatable bonds is 7. The minimum atomic E-state index is -0.499. The van der Waals surface area contributed by atoms with Crippen molar-refractivity contribution in [3.05, 3.63) is 58.5 Å². The first-order valence-electron chi connectivity index (χ1n) is 8.05. The lowest BCUT2D eigenvalue weighted by atomic mass is 9.94. The maximum Gasteiger partial charge on any atom is 0.230 e. The quantitative estimate of drug-likeness (QED) is 0.648. The molecule has 0 aliphatic rings. The molecule has 2 heterocycles. The molecule has 2 N–H and O–H groups in total. The highest BCUT2D eigenvalue weighted by Crippen LogP contribution is 2.19. The molecule has 2 aromatic heterocycles. The van der Waals surface area contributed by atoms with Crippen LogP contribution in [0.1, 0.15) is 17.5 Å². The summed E-state index contributed by atoms with van der Waals surface area (Å²) in [5.74, 6) is -0.942. The number of benzene rings is 1. The molecule has 0 aliphatic heterocycles. The predicted molar refractivity (Wildman–Crippen MR) is 104 cm³/mol. The van der Waals surface area contributed by atoms with E-state index in [9.17, 15) is 9.59 Å². The van der Waals surface area contributed by atoms with Crippen molar-refractivity contribution in [2.75, 3.05) is 10.6 Å². The van der Waals surface area contributed by atoms with Crippen molar-refractivity contribution < 1.29 is 9.59 Å². The average molecular weight is 387 g/mol. The lowest BCUT2D eigenvalue weighted by Crippen LogP contribution is -2.29. The molecule has 8 heteroatoms. The van der Waals surface area contributed by atoms with Crippen molar-refractivity contribution in [2.24, 2.45) is 5.92 Å². The normalized spacial score (nSPS) is 11.7. The molecule has 3 aromatic rings. The summed E-state index contributed by atoms with van der Waals surface area (Å²) < 4.78 is 0. The Hall–Kier alpha value is -2.58. The van der Waals surface area contributed by atoms with Crippen LogP contribution in [0.15, 0.2) is 47.4 Å². The van der Waals surface area contributed by atoms with E-state index in [-0.39, 0.29) is 18.2 Å². The van der Waals surface area contributed by atoms with Gasteiger partial charge in [-0.05, 0) is 18.9 Å². The first-order valence-corrected chi connectivity index (χ1v) is 9.81. The lowest BCUT2D eigenvalue weighted by molar-refractivity contribution is -0.124. The van der Waals surface area contributed by atoms with E-state index in [4.69, 9.17) is 0 Å². The Balaban J connectivity index is 1.70. The Morgan fingerprint density at radius 2 is 1.62 bits per heavy atom. The second-order valence-electron chi connectivity index (χ2n) is 5.80. The molecule has 134 valence electrons. The van der Waals surface area contributed by atoms with Gasteiger partial charge in [-0.25, -0.2) is 9.97 Å². The third-order valence-corrected chi connectivity index (χ3v) is 5.12. The highest BCUT2D eigenvalue weighted by atomic mass is 32.1. The zero-order chi connectivity index (χ0) is 18.4. The van der Waals surface area contributed by atoms with Crippen molar-refractivity contribution in [1.82, 2.24) is 9.97 Å². The maximum absolute atomic E-state index is 12.7. The fraction of sp³-hybridized carbons (Fsp3) is 0.222. The van der Waals surface area contributed by atoms with E-state index in [0.29, 0.717) is 16.7 Å². The molecule has 0 unspecified atom stereocenters. The molecule has 0 fully saturated rings. The second-order valence-corrected chi connectivity index (χ2v) is 7.59. The highest BCUT2D eigenvalue weighted by Gasteiger charge is 2.23. The molecule has 6 nitrogen and oxygen atoms in total. The number of nitrogens with zero attached hydrogens (tertiary/aromatic N) is 2. The van der Waals surface area contributed by atoms with Gasteiger partial charge in [0.15, 0.2) is 10.3 Å². The lowest BCUT2D eigenvalue weighted by Gasteiger charge is -2.16. The van der Waals surface area contributed by atoms with Crippen LogP contribution in [0.25, 0.3) is 0 Å². The molecule has 26 heavy (non-hydrogen) atoms. The third kappa shape index (κ3) is 5.21. The predicted octanol–water partition coefficient (Wildman–Crippen LogP) is 3.73. The maximum atomic E-state index is 12.7. The van der Waals surface area contributed by atoms with Crippen LogP contribution in [0.2, 0.25) is 0 Å². The number of anilines is 2. The highest BCUT2D eigenvalue weighted by molar-refractivity contribution is 7.14. The van der Waals surface area contributed by atoms with Crippen molar-refractivity contribution in [1.29, 1.82) is 0 Å². The molecule has 0 spiro atoms. The van der Waals surface area contributed by atoms with Gasteiger partial charge in [0.1, 0.15) is 0 Å². The summed E-state index contributed by atoms with van der Waals surface area (Å²) in [6, 6.07) is 7.97. The standard InChI is InChI=1S/C18H18N4O2S2/c1-12-2-4-13(5-3-12)10-14(16(24)22-18-20-7-9-26-18)11-15(23)21-17-19-6-8-25-17/h2-9,14H,10-11H2,1H3,(H,19,21,23)(H,20,22,24)/t14-/m0/s1. The van der Waals surface area contributed by atoms with Crippen LogP contribution in [-0.4, -0.2) is 21.8 Å². The van der Waals surface area contributed by atoms with E-state index in [0.717, 1.165) is 11.1 Å². The van der Waals surface area contributed by atoms with E-state index in [1.165, 1.54) is 22.7 Å². The van der Waals surface area contributed by atoms with E-state index in [1.54, 1.807) is 23.2 Å². The largest absolute Gasteiger partial charge is 0.302 e.